The van der Waals surface area contributed by atoms with E-state index in [1.54, 1.807) is 12.1 Å². The van der Waals surface area contributed by atoms with Gasteiger partial charge in [0.15, 0.2) is 0 Å². The maximum absolute atomic E-state index is 10.9. The number of non-ortho nitro benzene ring substituents is 1. The van der Waals surface area contributed by atoms with Crippen molar-refractivity contribution >= 4 is 11.4 Å². The summed E-state index contributed by atoms with van der Waals surface area (Å²) in [6.07, 6.45) is 5.44. The van der Waals surface area contributed by atoms with Crippen LogP contribution in [0.1, 0.15) is 23.5 Å². The molecule has 0 spiro atoms. The van der Waals surface area contributed by atoms with Crippen LogP contribution in [-0.2, 0) is 0 Å². The van der Waals surface area contributed by atoms with Crippen LogP contribution in [0.25, 0.3) is 0 Å². The number of rotatable bonds is 1. The summed E-state index contributed by atoms with van der Waals surface area (Å²) in [5, 5.41) is 14.3. The Hall–Kier alpha value is -1.84. The molecule has 0 fully saturated rings. The number of hydrogen-bond donors (Lipinski definition) is 1. The Bertz CT molecular complexity index is 522. The molecule has 2 atom stereocenters. The highest BCUT2D eigenvalue weighted by atomic mass is 16.6. The molecular weight excluding hydrogens is 216 g/mol. The normalized spacial score (nSPS) is 25.0. The Morgan fingerprint density at radius 1 is 1.47 bits per heavy atom. The standard InChI is InChI=1S/C13H14N2O2/c1-8-5-10(15(16)17)6-12-11-4-2-3-9(11)7-14-13(8)12/h2,4-6,9,11,14H,3,7H2,1H3/t9-,11-/m1/s1. The van der Waals surface area contributed by atoms with Crippen molar-refractivity contribution in [2.24, 2.45) is 5.92 Å². The van der Waals surface area contributed by atoms with E-state index >= 15 is 0 Å². The molecular formula is C13H14N2O2. The smallest absolute Gasteiger partial charge is 0.270 e. The topological polar surface area (TPSA) is 55.2 Å². The number of nitro benzene ring substituents is 1. The van der Waals surface area contributed by atoms with Gasteiger partial charge in [-0.25, -0.2) is 0 Å². The lowest BCUT2D eigenvalue weighted by molar-refractivity contribution is -0.385. The zero-order valence-electron chi connectivity index (χ0n) is 9.64. The molecule has 1 N–H and O–H groups in total. The molecule has 1 aliphatic heterocycles. The van der Waals surface area contributed by atoms with Crippen LogP contribution in [0, 0.1) is 23.0 Å². The van der Waals surface area contributed by atoms with E-state index in [4.69, 9.17) is 0 Å². The summed E-state index contributed by atoms with van der Waals surface area (Å²) in [6.45, 7) is 2.89. The Morgan fingerprint density at radius 2 is 2.29 bits per heavy atom. The third-order valence-electron chi connectivity index (χ3n) is 3.75. The average Bonchev–Trinajstić information content (AvgIpc) is 2.76. The molecule has 0 saturated carbocycles. The molecule has 2 aliphatic rings. The molecule has 1 aromatic carbocycles. The summed E-state index contributed by atoms with van der Waals surface area (Å²) in [4.78, 5) is 10.6. The molecule has 0 unspecified atom stereocenters. The van der Waals surface area contributed by atoms with Crippen LogP contribution in [0.4, 0.5) is 11.4 Å². The molecule has 17 heavy (non-hydrogen) atoms. The number of benzene rings is 1. The minimum Gasteiger partial charge on any atom is -0.384 e. The Kier molecular flexibility index (Phi) is 2.18. The first kappa shape index (κ1) is 10.3. The van der Waals surface area contributed by atoms with Crippen molar-refractivity contribution in [1.82, 2.24) is 0 Å². The van der Waals surface area contributed by atoms with Gasteiger partial charge in [0.2, 0.25) is 0 Å². The van der Waals surface area contributed by atoms with Crippen LogP contribution in [0.5, 0.6) is 0 Å². The summed E-state index contributed by atoms with van der Waals surface area (Å²) in [5.74, 6) is 0.911. The van der Waals surface area contributed by atoms with Gasteiger partial charge in [-0.2, -0.15) is 0 Å². The maximum Gasteiger partial charge on any atom is 0.270 e. The second-order valence-corrected chi connectivity index (χ2v) is 4.81. The van der Waals surface area contributed by atoms with Crippen LogP contribution in [0.15, 0.2) is 24.3 Å². The number of aryl methyl sites for hydroxylation is 1. The lowest BCUT2D eigenvalue weighted by Gasteiger charge is -2.30. The van der Waals surface area contributed by atoms with Crippen molar-refractivity contribution in [3.63, 3.8) is 0 Å². The lowest BCUT2D eigenvalue weighted by atomic mass is 9.83. The summed E-state index contributed by atoms with van der Waals surface area (Å²) in [5.41, 5.74) is 3.34. The predicted octanol–water partition coefficient (Wildman–Crippen LogP) is 2.99. The summed E-state index contributed by atoms with van der Waals surface area (Å²) < 4.78 is 0. The number of nitrogens with zero attached hydrogens (tertiary/aromatic N) is 1. The molecule has 0 radical (unpaired) electrons. The molecule has 4 heteroatoms. The van der Waals surface area contributed by atoms with Gasteiger partial charge in [0.1, 0.15) is 0 Å². The van der Waals surface area contributed by atoms with Crippen molar-refractivity contribution in [2.45, 2.75) is 19.3 Å². The number of hydrogen-bond acceptors (Lipinski definition) is 3. The van der Waals surface area contributed by atoms with Gasteiger partial charge < -0.3 is 5.32 Å². The molecule has 1 aromatic rings. The van der Waals surface area contributed by atoms with Gasteiger partial charge in [0.25, 0.3) is 5.69 Å². The van der Waals surface area contributed by atoms with Crippen LogP contribution in [0.3, 0.4) is 0 Å². The van der Waals surface area contributed by atoms with E-state index in [1.165, 1.54) is 0 Å². The van der Waals surface area contributed by atoms with E-state index < -0.39 is 0 Å². The minimum absolute atomic E-state index is 0.198. The van der Waals surface area contributed by atoms with Crippen molar-refractivity contribution in [1.29, 1.82) is 0 Å². The van der Waals surface area contributed by atoms with Crippen molar-refractivity contribution < 1.29 is 4.92 Å². The second-order valence-electron chi connectivity index (χ2n) is 4.81. The number of anilines is 1. The first-order valence-electron chi connectivity index (χ1n) is 5.86. The fourth-order valence-corrected chi connectivity index (χ4v) is 2.91. The van der Waals surface area contributed by atoms with Gasteiger partial charge in [-0.15, -0.1) is 0 Å². The average molecular weight is 230 g/mol. The fraction of sp³-hybridized carbons (Fsp3) is 0.385. The number of allylic oxidation sites excluding steroid dienone is 2. The molecule has 0 aromatic heterocycles. The van der Waals surface area contributed by atoms with E-state index in [9.17, 15) is 10.1 Å². The molecule has 3 rings (SSSR count). The first-order valence-corrected chi connectivity index (χ1v) is 5.86. The largest absolute Gasteiger partial charge is 0.384 e. The lowest BCUT2D eigenvalue weighted by Crippen LogP contribution is -2.25. The fourth-order valence-electron chi connectivity index (χ4n) is 2.91. The number of nitro groups is 1. The molecule has 1 heterocycles. The SMILES string of the molecule is Cc1cc([N+](=O)[O-])cc2c1NC[C@H]1CC=C[C@@H]21. The molecule has 0 bridgehead atoms. The zero-order valence-corrected chi connectivity index (χ0v) is 9.64. The number of nitrogens with one attached hydrogen (secondary N) is 1. The third kappa shape index (κ3) is 1.52. The molecule has 0 saturated heterocycles. The monoisotopic (exact) mass is 230 g/mol. The molecule has 4 nitrogen and oxygen atoms in total. The molecule has 88 valence electrons. The summed E-state index contributed by atoms with van der Waals surface area (Å²) in [6, 6.07) is 3.37. The zero-order chi connectivity index (χ0) is 12.0. The van der Waals surface area contributed by atoms with Gasteiger partial charge in [0, 0.05) is 30.3 Å². The maximum atomic E-state index is 10.9. The van der Waals surface area contributed by atoms with E-state index in [-0.39, 0.29) is 10.6 Å². The van der Waals surface area contributed by atoms with Crippen molar-refractivity contribution in [2.75, 3.05) is 11.9 Å². The Balaban J connectivity index is 2.15. The quantitative estimate of drug-likeness (QED) is 0.458. The predicted molar refractivity (Wildman–Crippen MR) is 66.3 cm³/mol. The Morgan fingerprint density at radius 3 is 3.06 bits per heavy atom. The Labute approximate surface area is 99.5 Å². The van der Waals surface area contributed by atoms with Crippen LogP contribution < -0.4 is 5.32 Å². The highest BCUT2D eigenvalue weighted by Crippen LogP contribution is 2.44. The van der Waals surface area contributed by atoms with Crippen molar-refractivity contribution in [3.05, 3.63) is 45.5 Å². The summed E-state index contributed by atoms with van der Waals surface area (Å²) in [7, 11) is 0. The van der Waals surface area contributed by atoms with Gasteiger partial charge in [-0.05, 0) is 30.4 Å². The van der Waals surface area contributed by atoms with Gasteiger partial charge >= 0.3 is 0 Å². The van der Waals surface area contributed by atoms with Crippen LogP contribution >= 0.6 is 0 Å². The van der Waals surface area contributed by atoms with Crippen LogP contribution in [-0.4, -0.2) is 11.5 Å². The van der Waals surface area contributed by atoms with Gasteiger partial charge in [-0.3, -0.25) is 10.1 Å². The van der Waals surface area contributed by atoms with E-state index in [0.29, 0.717) is 11.8 Å². The highest BCUT2D eigenvalue weighted by Gasteiger charge is 2.32. The third-order valence-corrected chi connectivity index (χ3v) is 3.75. The highest BCUT2D eigenvalue weighted by molar-refractivity contribution is 5.65. The molecule has 1 aliphatic carbocycles. The minimum atomic E-state index is -0.310. The van der Waals surface area contributed by atoms with E-state index in [0.717, 1.165) is 29.8 Å². The number of fused-ring (bicyclic) bond motifs is 3. The van der Waals surface area contributed by atoms with Gasteiger partial charge in [0.05, 0.1) is 4.92 Å². The van der Waals surface area contributed by atoms with Crippen LogP contribution in [0.2, 0.25) is 0 Å². The van der Waals surface area contributed by atoms with Gasteiger partial charge in [-0.1, -0.05) is 12.2 Å². The van der Waals surface area contributed by atoms with Crippen molar-refractivity contribution in [3.8, 4) is 0 Å². The molecule has 0 amide bonds. The summed E-state index contributed by atoms with van der Waals surface area (Å²) >= 11 is 0. The van der Waals surface area contributed by atoms with E-state index in [2.05, 4.69) is 17.5 Å². The first-order chi connectivity index (χ1) is 8.16. The van der Waals surface area contributed by atoms with E-state index in [1.807, 2.05) is 6.92 Å². The second kappa shape index (κ2) is 3.58.